The quantitative estimate of drug-likeness (QED) is 0.484. The Morgan fingerprint density at radius 1 is 1.00 bits per heavy atom. The van der Waals surface area contributed by atoms with Gasteiger partial charge in [-0.25, -0.2) is 0 Å². The van der Waals surface area contributed by atoms with Gasteiger partial charge in [-0.05, 0) is 36.4 Å². The molecule has 0 N–H and O–H groups in total. The van der Waals surface area contributed by atoms with Crippen LogP contribution < -0.4 is 0 Å². The lowest BCUT2D eigenvalue weighted by Gasteiger charge is -2.26. The van der Waals surface area contributed by atoms with Crippen LogP contribution in [0.3, 0.4) is 0 Å². The highest BCUT2D eigenvalue weighted by Gasteiger charge is 2.37. The van der Waals surface area contributed by atoms with Gasteiger partial charge in [-0.3, -0.25) is 0 Å². The van der Waals surface area contributed by atoms with E-state index in [-0.39, 0.29) is 0 Å². The molecule has 0 aliphatic rings. The fourth-order valence-corrected chi connectivity index (χ4v) is 3.23. The Hall–Kier alpha value is -1.71. The number of alkyl halides is 1. The maximum atomic E-state index is 7.10. The van der Waals surface area contributed by atoms with Crippen molar-refractivity contribution in [3.63, 3.8) is 0 Å². The summed E-state index contributed by atoms with van der Waals surface area (Å²) in [6.07, 6.45) is 2.06. The van der Waals surface area contributed by atoms with Gasteiger partial charge in [0.15, 0.2) is 0 Å². The van der Waals surface area contributed by atoms with Crippen molar-refractivity contribution in [1.29, 1.82) is 0 Å². The van der Waals surface area contributed by atoms with Gasteiger partial charge in [-0.15, -0.1) is 23.4 Å². The first-order valence-electron chi connectivity index (χ1n) is 6.97. The molecule has 0 spiro atoms. The number of thioether (sulfide) groups is 1. The van der Waals surface area contributed by atoms with E-state index in [1.807, 2.05) is 43.3 Å². The maximum Gasteiger partial charge on any atom is 0.140 e. The van der Waals surface area contributed by atoms with Crippen molar-refractivity contribution in [3.05, 3.63) is 83.2 Å². The molecule has 1 heterocycles. The molecule has 3 aromatic rings. The van der Waals surface area contributed by atoms with E-state index in [0.29, 0.717) is 5.69 Å². The molecule has 2 aromatic carbocycles. The molecule has 112 valence electrons. The highest BCUT2D eigenvalue weighted by molar-refractivity contribution is 7.98. The Morgan fingerprint density at radius 3 is 2.18 bits per heavy atom. The van der Waals surface area contributed by atoms with Crippen molar-refractivity contribution in [3.8, 4) is 0 Å². The molecule has 4 heteroatoms. The predicted octanol–water partition coefficient (Wildman–Crippen LogP) is 5.24. The highest BCUT2D eigenvalue weighted by atomic mass is 35.5. The number of rotatable bonds is 4. The molecule has 0 fully saturated rings. The molecule has 0 aliphatic carbocycles. The number of halogens is 1. The second-order valence-electron chi connectivity index (χ2n) is 5.08. The van der Waals surface area contributed by atoms with Crippen molar-refractivity contribution in [2.45, 2.75) is 16.7 Å². The number of aryl methyl sites for hydroxylation is 1. The first kappa shape index (κ1) is 15.2. The number of aromatic nitrogens is 1. The third kappa shape index (κ3) is 2.67. The van der Waals surface area contributed by atoms with E-state index in [9.17, 15) is 0 Å². The molecule has 1 unspecified atom stereocenters. The summed E-state index contributed by atoms with van der Waals surface area (Å²) in [5, 5.41) is 4.17. The van der Waals surface area contributed by atoms with E-state index >= 15 is 0 Å². The summed E-state index contributed by atoms with van der Waals surface area (Å²) >= 11 is 8.80. The standard InChI is InChI=1S/C18H16ClNOS/c1-13-12-17(20-21-13)18(19,14-6-4-3-5-7-14)15-8-10-16(22-2)11-9-15/h3-12H,1-2H3. The molecule has 1 aromatic heterocycles. The van der Waals surface area contributed by atoms with Gasteiger partial charge in [-0.2, -0.15) is 0 Å². The third-order valence-corrected chi connectivity index (χ3v) is 5.01. The molecule has 0 saturated carbocycles. The fourth-order valence-electron chi connectivity index (χ4n) is 2.48. The molecule has 0 saturated heterocycles. The lowest BCUT2D eigenvalue weighted by Crippen LogP contribution is -2.22. The molecule has 0 aliphatic heterocycles. The third-order valence-electron chi connectivity index (χ3n) is 3.64. The monoisotopic (exact) mass is 329 g/mol. The van der Waals surface area contributed by atoms with E-state index in [1.54, 1.807) is 11.8 Å². The summed E-state index contributed by atoms with van der Waals surface area (Å²) in [7, 11) is 0. The minimum atomic E-state index is -0.851. The smallest absolute Gasteiger partial charge is 0.140 e. The highest BCUT2D eigenvalue weighted by Crippen LogP contribution is 2.42. The maximum absolute atomic E-state index is 7.10. The molecule has 0 radical (unpaired) electrons. The van der Waals surface area contributed by atoms with Gasteiger partial charge in [-0.1, -0.05) is 47.6 Å². The normalized spacial score (nSPS) is 13.8. The van der Waals surface area contributed by atoms with Crippen LogP contribution >= 0.6 is 23.4 Å². The first-order chi connectivity index (χ1) is 10.6. The second-order valence-corrected chi connectivity index (χ2v) is 6.52. The van der Waals surface area contributed by atoms with Gasteiger partial charge >= 0.3 is 0 Å². The average molecular weight is 330 g/mol. The minimum absolute atomic E-state index is 0.703. The first-order valence-corrected chi connectivity index (χ1v) is 8.57. The van der Waals surface area contributed by atoms with Gasteiger partial charge in [0.2, 0.25) is 0 Å². The zero-order valence-electron chi connectivity index (χ0n) is 12.4. The summed E-state index contributed by atoms with van der Waals surface area (Å²) in [5.74, 6) is 0.747. The van der Waals surface area contributed by atoms with Crippen LogP contribution in [0.15, 0.2) is 70.1 Å². The minimum Gasteiger partial charge on any atom is -0.361 e. The van der Waals surface area contributed by atoms with Crippen molar-refractivity contribution in [1.82, 2.24) is 5.16 Å². The molecule has 2 nitrogen and oxygen atoms in total. The van der Waals surface area contributed by atoms with Gasteiger partial charge in [0.1, 0.15) is 16.3 Å². The molecule has 22 heavy (non-hydrogen) atoms. The Balaban J connectivity index is 2.18. The van der Waals surface area contributed by atoms with Crippen molar-refractivity contribution in [2.75, 3.05) is 6.26 Å². The van der Waals surface area contributed by atoms with Crippen molar-refractivity contribution < 1.29 is 4.52 Å². The Labute approximate surface area is 139 Å². The summed E-state index contributed by atoms with van der Waals surface area (Å²) in [6.45, 7) is 1.87. The fraction of sp³-hybridized carbons (Fsp3) is 0.167. The van der Waals surface area contributed by atoms with Crippen LogP contribution in [0, 0.1) is 6.92 Å². The summed E-state index contributed by atoms with van der Waals surface area (Å²) in [4.78, 5) is 0.350. The molecular formula is C18H16ClNOS. The number of hydrogen-bond acceptors (Lipinski definition) is 3. The van der Waals surface area contributed by atoms with Crippen LogP contribution in [-0.4, -0.2) is 11.4 Å². The molecular weight excluding hydrogens is 314 g/mol. The zero-order chi connectivity index (χ0) is 15.6. The summed E-state index contributed by atoms with van der Waals surface area (Å²) < 4.78 is 5.26. The molecule has 1 atom stereocenters. The Bertz CT molecular complexity index is 754. The van der Waals surface area contributed by atoms with Crippen LogP contribution in [0.1, 0.15) is 22.6 Å². The van der Waals surface area contributed by atoms with Gasteiger partial charge in [0.05, 0.1) is 0 Å². The van der Waals surface area contributed by atoms with E-state index in [1.165, 1.54) is 4.90 Å². The van der Waals surface area contributed by atoms with Crippen molar-refractivity contribution in [2.24, 2.45) is 0 Å². The Kier molecular flexibility index (Phi) is 4.27. The second kappa shape index (κ2) is 6.19. The largest absolute Gasteiger partial charge is 0.361 e. The van der Waals surface area contributed by atoms with Gasteiger partial charge < -0.3 is 4.52 Å². The van der Waals surface area contributed by atoms with Crippen LogP contribution in [0.25, 0.3) is 0 Å². The molecule has 0 amide bonds. The SMILES string of the molecule is CSc1ccc(C(Cl)(c2ccccc2)c2cc(C)on2)cc1. The number of benzene rings is 2. The summed E-state index contributed by atoms with van der Waals surface area (Å²) in [6, 6.07) is 20.1. The van der Waals surface area contributed by atoms with Crippen LogP contribution in [-0.2, 0) is 4.87 Å². The van der Waals surface area contributed by atoms with Gasteiger partial charge in [0, 0.05) is 11.0 Å². The lowest BCUT2D eigenvalue weighted by molar-refractivity contribution is 0.388. The van der Waals surface area contributed by atoms with E-state index in [0.717, 1.165) is 16.9 Å². The van der Waals surface area contributed by atoms with Crippen LogP contribution in [0.4, 0.5) is 0 Å². The van der Waals surface area contributed by atoms with Crippen LogP contribution in [0.2, 0.25) is 0 Å². The van der Waals surface area contributed by atoms with Crippen molar-refractivity contribution >= 4 is 23.4 Å². The zero-order valence-corrected chi connectivity index (χ0v) is 14.0. The summed E-state index contributed by atoms with van der Waals surface area (Å²) in [5.41, 5.74) is 2.66. The number of hydrogen-bond donors (Lipinski definition) is 0. The molecule has 0 bridgehead atoms. The molecule has 3 rings (SSSR count). The van der Waals surface area contributed by atoms with E-state index in [2.05, 4.69) is 35.7 Å². The van der Waals surface area contributed by atoms with Crippen LogP contribution in [0.5, 0.6) is 0 Å². The lowest BCUT2D eigenvalue weighted by atomic mass is 9.87. The Morgan fingerprint density at radius 2 is 1.64 bits per heavy atom. The average Bonchev–Trinajstić information content (AvgIpc) is 3.02. The topological polar surface area (TPSA) is 26.0 Å². The predicted molar refractivity (Wildman–Crippen MR) is 91.6 cm³/mol. The number of nitrogens with zero attached hydrogens (tertiary/aromatic N) is 1. The van der Waals surface area contributed by atoms with E-state index in [4.69, 9.17) is 16.1 Å². The van der Waals surface area contributed by atoms with E-state index < -0.39 is 4.87 Å². The van der Waals surface area contributed by atoms with Gasteiger partial charge in [0.25, 0.3) is 0 Å².